The summed E-state index contributed by atoms with van der Waals surface area (Å²) in [5.74, 6) is 1.82. The van der Waals surface area contributed by atoms with Crippen LogP contribution in [0.4, 0.5) is 0 Å². The van der Waals surface area contributed by atoms with Crippen LogP contribution < -0.4 is 5.32 Å². The second kappa shape index (κ2) is 5.22. The molecule has 3 atom stereocenters. The van der Waals surface area contributed by atoms with Crippen LogP contribution in [-0.4, -0.2) is 12.6 Å². The highest BCUT2D eigenvalue weighted by molar-refractivity contribution is 5.31. The Morgan fingerprint density at radius 1 is 1.35 bits per heavy atom. The monoisotopic (exact) mass is 231 g/mol. The minimum atomic E-state index is 0.676. The number of nitrogens with one attached hydrogen (secondary N) is 1. The Morgan fingerprint density at radius 2 is 2.06 bits per heavy atom. The largest absolute Gasteiger partial charge is 0.314 e. The SMILES string of the molecule is CCNC(Cc1cc(C)ccc1C)C1CC1C. The first-order valence-corrected chi connectivity index (χ1v) is 6.91. The van der Waals surface area contributed by atoms with E-state index in [4.69, 9.17) is 0 Å². The van der Waals surface area contributed by atoms with Gasteiger partial charge in [-0.3, -0.25) is 0 Å². The highest BCUT2D eigenvalue weighted by atomic mass is 14.9. The van der Waals surface area contributed by atoms with Crippen molar-refractivity contribution in [3.8, 4) is 0 Å². The van der Waals surface area contributed by atoms with Gasteiger partial charge in [-0.2, -0.15) is 0 Å². The second-order valence-electron chi connectivity index (χ2n) is 5.68. The molecule has 0 heterocycles. The molecule has 2 rings (SSSR count). The van der Waals surface area contributed by atoms with Crippen molar-refractivity contribution >= 4 is 0 Å². The number of hydrogen-bond acceptors (Lipinski definition) is 1. The molecule has 94 valence electrons. The van der Waals surface area contributed by atoms with Crippen LogP contribution in [0.15, 0.2) is 18.2 Å². The molecule has 1 saturated carbocycles. The quantitative estimate of drug-likeness (QED) is 0.818. The lowest BCUT2D eigenvalue weighted by atomic mass is 9.96. The summed E-state index contributed by atoms with van der Waals surface area (Å²) in [4.78, 5) is 0. The Labute approximate surface area is 106 Å². The zero-order valence-corrected chi connectivity index (χ0v) is 11.6. The number of hydrogen-bond donors (Lipinski definition) is 1. The Kier molecular flexibility index (Phi) is 3.88. The van der Waals surface area contributed by atoms with Gasteiger partial charge in [0.25, 0.3) is 0 Å². The molecule has 0 aliphatic heterocycles. The molecule has 0 aromatic heterocycles. The molecule has 1 heteroatoms. The van der Waals surface area contributed by atoms with Crippen molar-refractivity contribution in [3.63, 3.8) is 0 Å². The molecule has 0 radical (unpaired) electrons. The summed E-state index contributed by atoms with van der Waals surface area (Å²) in [7, 11) is 0. The molecular formula is C16H25N. The van der Waals surface area contributed by atoms with Gasteiger partial charge in [-0.15, -0.1) is 0 Å². The van der Waals surface area contributed by atoms with Crippen LogP contribution in [0, 0.1) is 25.7 Å². The lowest BCUT2D eigenvalue weighted by Gasteiger charge is -2.19. The van der Waals surface area contributed by atoms with Crippen LogP contribution in [0.1, 0.15) is 37.0 Å². The molecule has 1 N–H and O–H groups in total. The predicted octanol–water partition coefficient (Wildman–Crippen LogP) is 3.48. The van der Waals surface area contributed by atoms with E-state index in [0.29, 0.717) is 6.04 Å². The van der Waals surface area contributed by atoms with E-state index in [1.165, 1.54) is 29.5 Å². The molecule has 3 unspecified atom stereocenters. The van der Waals surface area contributed by atoms with Crippen LogP contribution in [-0.2, 0) is 6.42 Å². The van der Waals surface area contributed by atoms with Crippen molar-refractivity contribution in [2.24, 2.45) is 11.8 Å². The van der Waals surface area contributed by atoms with Crippen LogP contribution in [0.2, 0.25) is 0 Å². The standard InChI is InChI=1S/C16H25N/c1-5-17-16(15-9-13(15)4)10-14-8-11(2)6-7-12(14)3/h6-8,13,15-17H,5,9-10H2,1-4H3. The van der Waals surface area contributed by atoms with E-state index in [-0.39, 0.29) is 0 Å². The lowest BCUT2D eigenvalue weighted by molar-refractivity contribution is 0.454. The number of rotatable bonds is 5. The maximum atomic E-state index is 3.67. The molecule has 1 fully saturated rings. The predicted molar refractivity (Wildman–Crippen MR) is 74.4 cm³/mol. The Bertz CT molecular complexity index is 383. The minimum Gasteiger partial charge on any atom is -0.314 e. The number of benzene rings is 1. The molecule has 0 spiro atoms. The normalized spacial score (nSPS) is 24.7. The number of aryl methyl sites for hydroxylation is 2. The van der Waals surface area contributed by atoms with Gasteiger partial charge in [-0.25, -0.2) is 0 Å². The van der Waals surface area contributed by atoms with Crippen molar-refractivity contribution in [1.82, 2.24) is 5.32 Å². The first-order chi connectivity index (χ1) is 8.11. The van der Waals surface area contributed by atoms with Crippen molar-refractivity contribution < 1.29 is 0 Å². The fraction of sp³-hybridized carbons (Fsp3) is 0.625. The Balaban J connectivity index is 2.08. The van der Waals surface area contributed by atoms with Gasteiger partial charge < -0.3 is 5.32 Å². The molecular weight excluding hydrogens is 206 g/mol. The van der Waals surface area contributed by atoms with Gasteiger partial charge in [0.1, 0.15) is 0 Å². The van der Waals surface area contributed by atoms with Crippen molar-refractivity contribution in [1.29, 1.82) is 0 Å². The summed E-state index contributed by atoms with van der Waals surface area (Å²) < 4.78 is 0. The van der Waals surface area contributed by atoms with E-state index >= 15 is 0 Å². The van der Waals surface area contributed by atoms with E-state index in [1.54, 1.807) is 0 Å². The van der Waals surface area contributed by atoms with Crippen molar-refractivity contribution in [2.45, 2.75) is 46.6 Å². The smallest absolute Gasteiger partial charge is 0.0138 e. The molecule has 0 bridgehead atoms. The Hall–Kier alpha value is -0.820. The maximum absolute atomic E-state index is 3.67. The fourth-order valence-electron chi connectivity index (χ4n) is 2.81. The maximum Gasteiger partial charge on any atom is 0.0138 e. The van der Waals surface area contributed by atoms with Crippen LogP contribution in [0.25, 0.3) is 0 Å². The van der Waals surface area contributed by atoms with Crippen LogP contribution >= 0.6 is 0 Å². The highest BCUT2D eigenvalue weighted by Gasteiger charge is 2.38. The second-order valence-corrected chi connectivity index (χ2v) is 5.68. The van der Waals surface area contributed by atoms with Gasteiger partial charge >= 0.3 is 0 Å². The van der Waals surface area contributed by atoms with Gasteiger partial charge in [-0.1, -0.05) is 37.6 Å². The number of likely N-dealkylation sites (N-methyl/N-ethyl adjacent to an activating group) is 1. The average molecular weight is 231 g/mol. The lowest BCUT2D eigenvalue weighted by Crippen LogP contribution is -2.33. The van der Waals surface area contributed by atoms with E-state index < -0.39 is 0 Å². The molecule has 0 saturated heterocycles. The minimum absolute atomic E-state index is 0.676. The van der Waals surface area contributed by atoms with Gasteiger partial charge in [0, 0.05) is 6.04 Å². The van der Waals surface area contributed by atoms with Gasteiger partial charge in [0.05, 0.1) is 0 Å². The third kappa shape index (κ3) is 3.10. The topological polar surface area (TPSA) is 12.0 Å². The van der Waals surface area contributed by atoms with Crippen molar-refractivity contribution in [2.75, 3.05) is 6.54 Å². The third-order valence-electron chi connectivity index (χ3n) is 4.10. The summed E-state index contributed by atoms with van der Waals surface area (Å²) in [5, 5.41) is 3.67. The van der Waals surface area contributed by atoms with Crippen molar-refractivity contribution in [3.05, 3.63) is 34.9 Å². The fourth-order valence-corrected chi connectivity index (χ4v) is 2.81. The summed E-state index contributed by atoms with van der Waals surface area (Å²) >= 11 is 0. The Morgan fingerprint density at radius 3 is 2.65 bits per heavy atom. The average Bonchev–Trinajstić information content (AvgIpc) is 3.00. The van der Waals surface area contributed by atoms with E-state index in [1.807, 2.05) is 0 Å². The molecule has 1 aromatic rings. The highest BCUT2D eigenvalue weighted by Crippen LogP contribution is 2.41. The van der Waals surface area contributed by atoms with Crippen LogP contribution in [0.5, 0.6) is 0 Å². The summed E-state index contributed by atoms with van der Waals surface area (Å²) in [5.41, 5.74) is 4.34. The molecule has 1 nitrogen and oxygen atoms in total. The van der Waals surface area contributed by atoms with Crippen LogP contribution in [0.3, 0.4) is 0 Å². The zero-order valence-electron chi connectivity index (χ0n) is 11.6. The van der Waals surface area contributed by atoms with Gasteiger partial charge in [0.15, 0.2) is 0 Å². The zero-order chi connectivity index (χ0) is 12.4. The van der Waals surface area contributed by atoms with E-state index in [9.17, 15) is 0 Å². The molecule has 1 aromatic carbocycles. The summed E-state index contributed by atoms with van der Waals surface area (Å²) in [6.07, 6.45) is 2.60. The molecule has 17 heavy (non-hydrogen) atoms. The summed E-state index contributed by atoms with van der Waals surface area (Å²) in [6, 6.07) is 7.49. The first-order valence-electron chi connectivity index (χ1n) is 6.91. The van der Waals surface area contributed by atoms with Gasteiger partial charge in [0.2, 0.25) is 0 Å². The summed E-state index contributed by atoms with van der Waals surface area (Å²) in [6.45, 7) is 10.1. The first kappa shape index (κ1) is 12.6. The molecule has 0 amide bonds. The van der Waals surface area contributed by atoms with E-state index in [0.717, 1.165) is 18.4 Å². The van der Waals surface area contributed by atoms with E-state index in [2.05, 4.69) is 51.2 Å². The third-order valence-corrected chi connectivity index (χ3v) is 4.10. The molecule has 1 aliphatic rings. The molecule has 1 aliphatic carbocycles. The van der Waals surface area contributed by atoms with Gasteiger partial charge in [-0.05, 0) is 56.2 Å².